The number of rotatable bonds is 9. The third-order valence-corrected chi connectivity index (χ3v) is 7.48. The largest absolute Gasteiger partial charge is 0.450 e. The average molecular weight is 500 g/mol. The normalized spacial score (nSPS) is 13.8. The number of nitrogens with zero attached hydrogens (tertiary/aromatic N) is 5. The van der Waals surface area contributed by atoms with Gasteiger partial charge in [0, 0.05) is 44.0 Å². The van der Waals surface area contributed by atoms with Crippen molar-refractivity contribution in [3.63, 3.8) is 0 Å². The van der Waals surface area contributed by atoms with Gasteiger partial charge < -0.3 is 19.1 Å². The predicted molar refractivity (Wildman–Crippen MR) is 133 cm³/mol. The van der Waals surface area contributed by atoms with E-state index in [1.807, 2.05) is 24.3 Å². The van der Waals surface area contributed by atoms with Crippen molar-refractivity contribution < 1.29 is 14.3 Å². The van der Waals surface area contributed by atoms with Crippen LogP contribution in [0.4, 0.5) is 4.79 Å². The van der Waals surface area contributed by atoms with Crippen LogP contribution in [0.3, 0.4) is 0 Å². The first-order chi connectivity index (χ1) is 16.6. The van der Waals surface area contributed by atoms with Gasteiger partial charge in [-0.1, -0.05) is 48.2 Å². The van der Waals surface area contributed by atoms with Crippen LogP contribution in [0, 0.1) is 0 Å². The van der Waals surface area contributed by atoms with E-state index >= 15 is 0 Å². The number of ether oxygens (including phenoxy) is 1. The van der Waals surface area contributed by atoms with E-state index in [1.165, 1.54) is 22.2 Å². The quantitative estimate of drug-likeness (QED) is 0.419. The molecule has 1 aromatic carbocycles. The van der Waals surface area contributed by atoms with Gasteiger partial charge >= 0.3 is 6.09 Å². The van der Waals surface area contributed by atoms with E-state index in [0.717, 1.165) is 30.4 Å². The van der Waals surface area contributed by atoms with E-state index < -0.39 is 0 Å². The molecule has 0 atom stereocenters. The molecular weight excluding hydrogens is 470 g/mol. The van der Waals surface area contributed by atoms with Gasteiger partial charge in [-0.15, -0.1) is 21.5 Å². The average Bonchev–Trinajstić information content (AvgIpc) is 3.52. The Balaban J connectivity index is 1.37. The van der Waals surface area contributed by atoms with Gasteiger partial charge in [0.15, 0.2) is 5.16 Å². The Hall–Kier alpha value is -2.85. The zero-order valence-corrected chi connectivity index (χ0v) is 20.9. The first-order valence-electron chi connectivity index (χ1n) is 11.4. The van der Waals surface area contributed by atoms with Crippen LogP contribution >= 0.6 is 23.1 Å². The number of aromatic nitrogens is 3. The maximum Gasteiger partial charge on any atom is 0.409 e. The molecule has 180 valence electrons. The fourth-order valence-corrected chi connectivity index (χ4v) is 5.39. The minimum Gasteiger partial charge on any atom is -0.450 e. The Bertz CT molecular complexity index is 1060. The second-order valence-electron chi connectivity index (χ2n) is 7.90. The van der Waals surface area contributed by atoms with Crippen LogP contribution in [0.15, 0.2) is 53.0 Å². The summed E-state index contributed by atoms with van der Waals surface area (Å²) in [7, 11) is 0. The highest BCUT2D eigenvalue weighted by molar-refractivity contribution is 7.99. The predicted octanol–water partition coefficient (Wildman–Crippen LogP) is 3.57. The molecule has 1 saturated heterocycles. The van der Waals surface area contributed by atoms with Crippen LogP contribution in [0.5, 0.6) is 0 Å². The molecule has 10 heteroatoms. The van der Waals surface area contributed by atoms with Crippen LogP contribution in [0.1, 0.15) is 23.2 Å². The van der Waals surface area contributed by atoms with Gasteiger partial charge in [0.05, 0.1) is 12.4 Å². The highest BCUT2D eigenvalue weighted by Gasteiger charge is 2.25. The van der Waals surface area contributed by atoms with Crippen molar-refractivity contribution in [3.8, 4) is 0 Å². The molecule has 0 bridgehead atoms. The number of thioether (sulfide) groups is 1. The summed E-state index contributed by atoms with van der Waals surface area (Å²) in [6.07, 6.45) is 1.28. The maximum absolute atomic E-state index is 12.8. The summed E-state index contributed by atoms with van der Waals surface area (Å²) in [6, 6.07) is 14.5. The molecule has 2 amide bonds. The van der Waals surface area contributed by atoms with E-state index in [-0.39, 0.29) is 12.0 Å². The summed E-state index contributed by atoms with van der Waals surface area (Å²) in [5.41, 5.74) is 1.25. The van der Waals surface area contributed by atoms with Crippen molar-refractivity contribution in [1.29, 1.82) is 0 Å². The summed E-state index contributed by atoms with van der Waals surface area (Å²) < 4.78 is 7.19. The van der Waals surface area contributed by atoms with E-state index in [4.69, 9.17) is 4.74 Å². The highest BCUT2D eigenvalue weighted by atomic mass is 32.2. The van der Waals surface area contributed by atoms with Gasteiger partial charge in [-0.05, 0) is 30.4 Å². The first-order valence-corrected chi connectivity index (χ1v) is 13.3. The second-order valence-corrected chi connectivity index (χ2v) is 9.87. The van der Waals surface area contributed by atoms with Crippen molar-refractivity contribution in [2.24, 2.45) is 0 Å². The number of hydrogen-bond acceptors (Lipinski definition) is 7. The van der Waals surface area contributed by atoms with Crippen LogP contribution in [-0.2, 0) is 28.9 Å². The van der Waals surface area contributed by atoms with Crippen molar-refractivity contribution in [3.05, 3.63) is 64.1 Å². The van der Waals surface area contributed by atoms with Gasteiger partial charge in [-0.25, -0.2) is 4.79 Å². The number of carbonyl (C=O) groups is 2. The van der Waals surface area contributed by atoms with Gasteiger partial charge in [0.2, 0.25) is 5.91 Å². The van der Waals surface area contributed by atoms with Crippen molar-refractivity contribution >= 4 is 35.1 Å². The molecule has 34 heavy (non-hydrogen) atoms. The van der Waals surface area contributed by atoms with Crippen molar-refractivity contribution in [1.82, 2.24) is 24.6 Å². The van der Waals surface area contributed by atoms with Crippen molar-refractivity contribution in [2.75, 3.05) is 38.5 Å². The van der Waals surface area contributed by atoms with Crippen LogP contribution in [0.2, 0.25) is 0 Å². The summed E-state index contributed by atoms with van der Waals surface area (Å²) in [5, 5.41) is 11.7. The highest BCUT2D eigenvalue weighted by Crippen LogP contribution is 2.22. The molecule has 8 nitrogen and oxygen atoms in total. The standard InChI is InChI=1S/C24H29N5O3S2/c1-2-32-24(31)28-14-12-27(13-15-28)22(30)18-34-23-26-25-21(17-20-9-6-16-33-20)29(23)11-10-19-7-4-3-5-8-19/h3-9,16H,2,10-15,17-18H2,1H3. The van der Waals surface area contributed by atoms with Crippen molar-refractivity contribution in [2.45, 2.75) is 31.5 Å². The molecule has 0 radical (unpaired) electrons. The van der Waals surface area contributed by atoms with E-state index in [9.17, 15) is 9.59 Å². The lowest BCUT2D eigenvalue weighted by atomic mass is 10.1. The fourth-order valence-electron chi connectivity index (χ4n) is 3.81. The maximum atomic E-state index is 12.8. The molecule has 3 aromatic rings. The van der Waals surface area contributed by atoms with Crippen LogP contribution in [0.25, 0.3) is 0 Å². The minimum absolute atomic E-state index is 0.0472. The Labute approximate surface area is 207 Å². The lowest BCUT2D eigenvalue weighted by molar-refractivity contribution is -0.129. The molecule has 3 heterocycles. The molecule has 0 spiro atoms. The molecule has 0 unspecified atom stereocenters. The monoisotopic (exact) mass is 499 g/mol. The number of carbonyl (C=O) groups excluding carboxylic acids is 2. The van der Waals surface area contributed by atoms with Gasteiger partial charge in [-0.2, -0.15) is 0 Å². The molecular formula is C24H29N5O3S2. The number of aryl methyl sites for hydroxylation is 1. The minimum atomic E-state index is -0.311. The zero-order valence-electron chi connectivity index (χ0n) is 19.3. The SMILES string of the molecule is CCOC(=O)N1CCN(C(=O)CSc2nnc(Cc3cccs3)n2CCc2ccccc2)CC1. The Kier molecular flexibility index (Phi) is 8.59. The van der Waals surface area contributed by atoms with E-state index in [2.05, 4.69) is 38.3 Å². The molecule has 0 aliphatic carbocycles. The van der Waals surface area contributed by atoms with Gasteiger partial charge in [-0.3, -0.25) is 4.79 Å². The molecule has 0 saturated carbocycles. The van der Waals surface area contributed by atoms with Crippen LogP contribution < -0.4 is 0 Å². The Morgan fingerprint density at radius 3 is 2.50 bits per heavy atom. The number of piperazine rings is 1. The van der Waals surface area contributed by atoms with Crippen LogP contribution in [-0.4, -0.2) is 75.1 Å². The number of thiophene rings is 1. The first kappa shape index (κ1) is 24.3. The summed E-state index contributed by atoms with van der Waals surface area (Å²) in [4.78, 5) is 29.4. The fraction of sp³-hybridized carbons (Fsp3) is 0.417. The summed E-state index contributed by atoms with van der Waals surface area (Å²) >= 11 is 3.14. The number of benzene rings is 1. The topological polar surface area (TPSA) is 80.6 Å². The zero-order chi connectivity index (χ0) is 23.8. The summed E-state index contributed by atoms with van der Waals surface area (Å²) in [6.45, 7) is 4.92. The molecule has 1 aliphatic heterocycles. The van der Waals surface area contributed by atoms with Gasteiger partial charge in [0.1, 0.15) is 5.82 Å². The lowest BCUT2D eigenvalue weighted by Crippen LogP contribution is -2.51. The second kappa shape index (κ2) is 12.0. The number of hydrogen-bond donors (Lipinski definition) is 0. The molecule has 4 rings (SSSR count). The summed E-state index contributed by atoms with van der Waals surface area (Å²) in [5.74, 6) is 1.25. The Morgan fingerprint density at radius 1 is 1.03 bits per heavy atom. The Morgan fingerprint density at radius 2 is 1.79 bits per heavy atom. The van der Waals surface area contributed by atoms with E-state index in [1.54, 1.807) is 28.1 Å². The van der Waals surface area contributed by atoms with Gasteiger partial charge in [0.25, 0.3) is 0 Å². The lowest BCUT2D eigenvalue weighted by Gasteiger charge is -2.34. The third-order valence-electron chi connectivity index (χ3n) is 5.66. The van der Waals surface area contributed by atoms with E-state index in [0.29, 0.717) is 38.5 Å². The number of amides is 2. The molecule has 2 aromatic heterocycles. The molecule has 0 N–H and O–H groups in total. The molecule has 1 fully saturated rings. The molecule has 1 aliphatic rings. The smallest absolute Gasteiger partial charge is 0.409 e. The third kappa shape index (κ3) is 6.38.